The molecule has 2 aromatic heterocycles. The topological polar surface area (TPSA) is 126 Å². The van der Waals surface area contributed by atoms with Crippen LogP contribution in [0.3, 0.4) is 0 Å². The second-order valence-corrected chi connectivity index (χ2v) is 9.79. The Morgan fingerprint density at radius 2 is 1.82 bits per heavy atom. The first-order valence-corrected chi connectivity index (χ1v) is 12.9. The van der Waals surface area contributed by atoms with Crippen molar-refractivity contribution in [2.24, 2.45) is 0 Å². The first-order chi connectivity index (χ1) is 19.2. The third-order valence-electron chi connectivity index (χ3n) is 6.32. The number of halogens is 2. The number of aromatic nitrogens is 3. The fraction of sp³-hybridized carbons (Fsp3) is 0.214. The number of pyridine rings is 1. The standard InChI is InChI=1S/C28H24ClFN6O4/c1-16(37)27-21-13-19(31-28(40)17-4-2-5-18(30)12-17)8-11-22(21)36(34-27)15-26(39)35(20-9-10-20)14-25(38)33-24-7-3-6-23(29)32-24/h2-8,11-13,20H,9-10,14-15H2,1H3,(H,31,40)(H,32,33,38). The number of ketones is 1. The van der Waals surface area contributed by atoms with Gasteiger partial charge in [0.25, 0.3) is 5.91 Å². The van der Waals surface area contributed by atoms with Crippen molar-refractivity contribution in [1.82, 2.24) is 19.7 Å². The van der Waals surface area contributed by atoms with E-state index in [4.69, 9.17) is 11.6 Å². The van der Waals surface area contributed by atoms with E-state index < -0.39 is 17.6 Å². The van der Waals surface area contributed by atoms with Crippen LogP contribution < -0.4 is 10.6 Å². The summed E-state index contributed by atoms with van der Waals surface area (Å²) in [6.07, 6.45) is 1.56. The van der Waals surface area contributed by atoms with E-state index in [2.05, 4.69) is 20.7 Å². The van der Waals surface area contributed by atoms with Crippen molar-refractivity contribution in [3.63, 3.8) is 0 Å². The fourth-order valence-corrected chi connectivity index (χ4v) is 4.48. The first-order valence-electron chi connectivity index (χ1n) is 12.5. The van der Waals surface area contributed by atoms with E-state index in [-0.39, 0.29) is 53.1 Å². The van der Waals surface area contributed by atoms with Gasteiger partial charge in [0.1, 0.15) is 35.6 Å². The number of nitrogens with zero attached hydrogens (tertiary/aromatic N) is 4. The predicted molar refractivity (Wildman–Crippen MR) is 147 cm³/mol. The van der Waals surface area contributed by atoms with Crippen molar-refractivity contribution in [3.8, 4) is 0 Å². The van der Waals surface area contributed by atoms with Crippen LogP contribution in [-0.4, -0.2) is 55.8 Å². The lowest BCUT2D eigenvalue weighted by Gasteiger charge is -2.22. The molecule has 0 bridgehead atoms. The largest absolute Gasteiger partial charge is 0.329 e. The summed E-state index contributed by atoms with van der Waals surface area (Å²) in [5, 5.41) is 10.4. The number of nitrogens with one attached hydrogen (secondary N) is 2. The molecule has 0 aliphatic heterocycles. The Morgan fingerprint density at radius 1 is 1.05 bits per heavy atom. The summed E-state index contributed by atoms with van der Waals surface area (Å²) >= 11 is 5.88. The van der Waals surface area contributed by atoms with Crippen molar-refractivity contribution in [1.29, 1.82) is 0 Å². The van der Waals surface area contributed by atoms with Gasteiger partial charge in [0.05, 0.1) is 5.52 Å². The molecule has 0 atom stereocenters. The maximum Gasteiger partial charge on any atom is 0.255 e. The van der Waals surface area contributed by atoms with Gasteiger partial charge in [0, 0.05) is 29.6 Å². The molecule has 2 aromatic carbocycles. The lowest BCUT2D eigenvalue weighted by atomic mass is 10.1. The van der Waals surface area contributed by atoms with Crippen molar-refractivity contribution < 1.29 is 23.6 Å². The zero-order valence-electron chi connectivity index (χ0n) is 21.4. The van der Waals surface area contributed by atoms with Gasteiger partial charge in [-0.15, -0.1) is 0 Å². The number of hydrogen-bond acceptors (Lipinski definition) is 6. The monoisotopic (exact) mass is 562 g/mol. The van der Waals surface area contributed by atoms with Crippen LogP contribution in [0.1, 0.15) is 40.6 Å². The molecule has 0 saturated heterocycles. The Labute approximate surface area is 233 Å². The zero-order valence-corrected chi connectivity index (χ0v) is 22.1. The number of fused-ring (bicyclic) bond motifs is 1. The number of rotatable bonds is 9. The summed E-state index contributed by atoms with van der Waals surface area (Å²) in [6.45, 7) is 0.987. The van der Waals surface area contributed by atoms with Gasteiger partial charge in [-0.3, -0.25) is 23.9 Å². The van der Waals surface area contributed by atoms with Crippen LogP contribution in [-0.2, 0) is 16.1 Å². The van der Waals surface area contributed by atoms with Gasteiger partial charge in [-0.05, 0) is 61.4 Å². The fourth-order valence-electron chi connectivity index (χ4n) is 4.31. The molecule has 1 aliphatic carbocycles. The molecule has 0 spiro atoms. The van der Waals surface area contributed by atoms with Crippen LogP contribution in [0.2, 0.25) is 5.15 Å². The van der Waals surface area contributed by atoms with Crippen LogP contribution in [0.4, 0.5) is 15.9 Å². The zero-order chi connectivity index (χ0) is 28.4. The van der Waals surface area contributed by atoms with E-state index in [1.165, 1.54) is 34.7 Å². The van der Waals surface area contributed by atoms with Crippen molar-refractivity contribution in [3.05, 3.63) is 82.9 Å². The maximum absolute atomic E-state index is 13.5. The highest BCUT2D eigenvalue weighted by Gasteiger charge is 2.34. The molecule has 1 saturated carbocycles. The second kappa shape index (κ2) is 11.2. The molecule has 2 heterocycles. The second-order valence-electron chi connectivity index (χ2n) is 9.41. The van der Waals surface area contributed by atoms with Crippen LogP contribution in [0.15, 0.2) is 60.7 Å². The van der Waals surface area contributed by atoms with Crippen molar-refractivity contribution in [2.45, 2.75) is 32.4 Å². The third kappa shape index (κ3) is 6.15. The summed E-state index contributed by atoms with van der Waals surface area (Å²) in [7, 11) is 0. The van der Waals surface area contributed by atoms with Gasteiger partial charge in [-0.2, -0.15) is 5.10 Å². The maximum atomic E-state index is 13.5. The van der Waals surface area contributed by atoms with E-state index in [9.17, 15) is 23.6 Å². The highest BCUT2D eigenvalue weighted by atomic mass is 35.5. The quantitative estimate of drug-likeness (QED) is 0.231. The highest BCUT2D eigenvalue weighted by Crippen LogP contribution is 2.28. The molecule has 1 fully saturated rings. The van der Waals surface area contributed by atoms with Crippen LogP contribution in [0.25, 0.3) is 10.9 Å². The highest BCUT2D eigenvalue weighted by molar-refractivity contribution is 6.29. The number of carbonyl (C=O) groups is 4. The van der Waals surface area contributed by atoms with Gasteiger partial charge in [-0.1, -0.05) is 23.7 Å². The number of benzene rings is 2. The van der Waals surface area contributed by atoms with Gasteiger partial charge in [0.2, 0.25) is 11.8 Å². The molecule has 0 unspecified atom stereocenters. The summed E-state index contributed by atoms with van der Waals surface area (Å²) in [4.78, 5) is 56.5. The number of carbonyl (C=O) groups excluding carboxylic acids is 4. The Kier molecular flexibility index (Phi) is 7.56. The normalized spacial score (nSPS) is 12.7. The Hall–Kier alpha value is -4.64. The minimum absolute atomic E-state index is 0.0655. The minimum Gasteiger partial charge on any atom is -0.329 e. The lowest BCUT2D eigenvalue weighted by molar-refractivity contribution is -0.135. The van der Waals surface area contributed by atoms with Gasteiger partial charge in [-0.25, -0.2) is 9.37 Å². The third-order valence-corrected chi connectivity index (χ3v) is 6.53. The van der Waals surface area contributed by atoms with Gasteiger partial charge < -0.3 is 15.5 Å². The smallest absolute Gasteiger partial charge is 0.255 e. The summed E-state index contributed by atoms with van der Waals surface area (Å²) in [5.41, 5.74) is 1.16. The molecule has 12 heteroatoms. The molecule has 5 rings (SSSR count). The van der Waals surface area contributed by atoms with E-state index in [1.807, 2.05) is 0 Å². The Morgan fingerprint density at radius 3 is 2.52 bits per heavy atom. The minimum atomic E-state index is -0.535. The number of anilines is 2. The number of hydrogen-bond donors (Lipinski definition) is 2. The number of Topliss-reactive ketones (excluding diaryl/α,β-unsaturated/α-hetero) is 1. The molecule has 3 amide bonds. The van der Waals surface area contributed by atoms with E-state index in [0.29, 0.717) is 16.6 Å². The molecule has 204 valence electrons. The van der Waals surface area contributed by atoms with Gasteiger partial charge in [0.15, 0.2) is 5.78 Å². The molecule has 40 heavy (non-hydrogen) atoms. The van der Waals surface area contributed by atoms with Crippen molar-refractivity contribution >= 4 is 57.5 Å². The SMILES string of the molecule is CC(=O)c1nn(CC(=O)N(CC(=O)Nc2cccc(Cl)n2)C2CC2)c2ccc(NC(=O)c3cccc(F)c3)cc12. The number of amides is 3. The molecule has 10 nitrogen and oxygen atoms in total. The van der Waals surface area contributed by atoms with E-state index in [1.54, 1.807) is 36.4 Å². The summed E-state index contributed by atoms with van der Waals surface area (Å²) in [6, 6.07) is 14.9. The van der Waals surface area contributed by atoms with Crippen LogP contribution in [0, 0.1) is 5.82 Å². The molecule has 0 radical (unpaired) electrons. The van der Waals surface area contributed by atoms with Crippen LogP contribution in [0.5, 0.6) is 0 Å². The molecular formula is C28H24ClFN6O4. The molecule has 1 aliphatic rings. The molecule has 4 aromatic rings. The Bertz CT molecular complexity index is 1650. The van der Waals surface area contributed by atoms with Crippen LogP contribution >= 0.6 is 11.6 Å². The molecular weight excluding hydrogens is 539 g/mol. The average molecular weight is 563 g/mol. The van der Waals surface area contributed by atoms with Crippen molar-refractivity contribution in [2.75, 3.05) is 17.2 Å². The first kappa shape index (κ1) is 26.9. The van der Waals surface area contributed by atoms with E-state index in [0.717, 1.165) is 18.9 Å². The average Bonchev–Trinajstić information content (AvgIpc) is 3.69. The summed E-state index contributed by atoms with van der Waals surface area (Å²) in [5.74, 6) is -1.84. The van der Waals surface area contributed by atoms with Gasteiger partial charge >= 0.3 is 0 Å². The summed E-state index contributed by atoms with van der Waals surface area (Å²) < 4.78 is 14.9. The molecule has 2 N–H and O–H groups in total. The van der Waals surface area contributed by atoms with E-state index >= 15 is 0 Å². The predicted octanol–water partition coefficient (Wildman–Crippen LogP) is 4.31. The lowest BCUT2D eigenvalue weighted by Crippen LogP contribution is -2.41. The Balaban J connectivity index is 1.34.